The molecule has 6 heterocycles. The van der Waals surface area contributed by atoms with Gasteiger partial charge < -0.3 is 25.4 Å². The van der Waals surface area contributed by atoms with E-state index in [2.05, 4.69) is 25.9 Å². The minimum atomic E-state index is -0.153. The Hall–Kier alpha value is -3.48. The number of hydrogen-bond donors (Lipinski definition) is 2. The van der Waals surface area contributed by atoms with E-state index in [0.29, 0.717) is 31.3 Å². The lowest BCUT2D eigenvalue weighted by atomic mass is 9.73. The summed E-state index contributed by atoms with van der Waals surface area (Å²) in [5.41, 5.74) is 9.11. The van der Waals surface area contributed by atoms with Gasteiger partial charge >= 0.3 is 6.03 Å². The summed E-state index contributed by atoms with van der Waals surface area (Å²) in [5, 5.41) is 10.0. The summed E-state index contributed by atoms with van der Waals surface area (Å²) in [4.78, 5) is 37.8. The maximum absolute atomic E-state index is 12.9. The first-order valence-electron chi connectivity index (χ1n) is 13.3. The van der Waals surface area contributed by atoms with Crippen molar-refractivity contribution in [2.45, 2.75) is 41.3 Å². The van der Waals surface area contributed by atoms with E-state index in [1.165, 1.54) is 17.3 Å². The minimum Gasteiger partial charge on any atom is -0.486 e. The predicted octanol–water partition coefficient (Wildman–Crippen LogP) is 2.26. The average molecular weight is 547 g/mol. The summed E-state index contributed by atoms with van der Waals surface area (Å²) < 4.78 is 6.07. The second kappa shape index (κ2) is 9.61. The van der Waals surface area contributed by atoms with Gasteiger partial charge in [0.1, 0.15) is 17.5 Å². The fraction of sp³-hybridized carbons (Fsp3) is 0.444. The number of nitrogens with zero attached hydrogens (tertiary/aromatic N) is 7. The number of β-amino-alcohol motifs (C(OH)–C–C–N with tert-alkyl or cyclic N) is 1. The third-order valence-electron chi connectivity index (χ3n) is 8.49. The van der Waals surface area contributed by atoms with E-state index < -0.39 is 0 Å². The number of ether oxygens (including phenoxy) is 1. The van der Waals surface area contributed by atoms with Crippen LogP contribution in [0.3, 0.4) is 0 Å². The summed E-state index contributed by atoms with van der Waals surface area (Å²) in [5.74, 6) is 1.95. The van der Waals surface area contributed by atoms with E-state index in [-0.39, 0.29) is 30.1 Å². The van der Waals surface area contributed by atoms with Gasteiger partial charge in [-0.1, -0.05) is 17.8 Å². The molecule has 3 aromatic heterocycles. The zero-order valence-corrected chi connectivity index (χ0v) is 22.3. The quantitative estimate of drug-likeness (QED) is 0.491. The zero-order valence-electron chi connectivity index (χ0n) is 21.4. The first-order chi connectivity index (χ1) is 19.1. The number of nitrogens with two attached hydrogens (primary N) is 1. The molecule has 11 nitrogen and oxygen atoms in total. The number of aliphatic hydroxyl groups is 1. The van der Waals surface area contributed by atoms with Crippen molar-refractivity contribution in [2.75, 3.05) is 49.2 Å². The van der Waals surface area contributed by atoms with Gasteiger partial charge in [-0.25, -0.2) is 19.7 Å². The molecule has 0 aromatic carbocycles. The smallest absolute Gasteiger partial charge is 0.326 e. The Balaban J connectivity index is 1.03. The van der Waals surface area contributed by atoms with Crippen LogP contribution in [0.4, 0.5) is 16.4 Å². The summed E-state index contributed by atoms with van der Waals surface area (Å²) >= 11 is 1.44. The molecule has 2 amide bonds. The number of pyridine rings is 2. The maximum atomic E-state index is 12.9. The van der Waals surface area contributed by atoms with Gasteiger partial charge in [0.25, 0.3) is 0 Å². The number of rotatable bonds is 5. The largest absolute Gasteiger partial charge is 0.486 e. The van der Waals surface area contributed by atoms with Crippen molar-refractivity contribution in [3.8, 4) is 5.75 Å². The van der Waals surface area contributed by atoms with Crippen LogP contribution in [0.5, 0.6) is 5.75 Å². The highest BCUT2D eigenvalue weighted by Crippen LogP contribution is 2.50. The van der Waals surface area contributed by atoms with E-state index in [9.17, 15) is 9.90 Å². The minimum absolute atomic E-state index is 0.0330. The first kappa shape index (κ1) is 24.6. The third-order valence-corrected chi connectivity index (χ3v) is 9.45. The van der Waals surface area contributed by atoms with Crippen molar-refractivity contribution >= 4 is 29.4 Å². The molecule has 2 saturated heterocycles. The SMILES string of the molecule is N[C@@H]1c2cccnc2CC12CCN(c1cnc(Sc3ccnc4c3OCC3CN(CCO)C(=O)N43)cn1)CC2. The Morgan fingerprint density at radius 3 is 2.77 bits per heavy atom. The second-order valence-corrected chi connectivity index (χ2v) is 11.7. The highest BCUT2D eigenvalue weighted by Gasteiger charge is 2.47. The van der Waals surface area contributed by atoms with Crippen LogP contribution in [-0.2, 0) is 6.42 Å². The maximum Gasteiger partial charge on any atom is 0.326 e. The summed E-state index contributed by atoms with van der Waals surface area (Å²) in [7, 11) is 0. The zero-order chi connectivity index (χ0) is 26.6. The van der Waals surface area contributed by atoms with Crippen molar-refractivity contribution < 1.29 is 14.6 Å². The van der Waals surface area contributed by atoms with Crippen LogP contribution in [0.1, 0.15) is 30.1 Å². The fourth-order valence-electron chi connectivity index (χ4n) is 6.37. The van der Waals surface area contributed by atoms with Gasteiger partial charge in [-0.2, -0.15) is 0 Å². The molecule has 1 aliphatic carbocycles. The number of anilines is 2. The standard InChI is InChI=1S/C27H30N8O3S/c28-24-18-2-1-6-29-19(18)12-27(24)4-8-33(9-5-27)21-13-32-22(14-31-21)39-20-3-7-30-25-23(20)38-16-17-15-34(10-11-36)26(37)35(17)25/h1-3,6-7,13-14,17,24,36H,4-5,8-12,15-16,28H2/t17?,24-/m1/s1. The highest BCUT2D eigenvalue weighted by atomic mass is 32.2. The van der Waals surface area contributed by atoms with Crippen LogP contribution in [-0.4, -0.2) is 81.4 Å². The van der Waals surface area contributed by atoms with Gasteiger partial charge in [0.2, 0.25) is 0 Å². The number of urea groups is 1. The normalized spacial score (nSPS) is 23.0. The van der Waals surface area contributed by atoms with E-state index in [1.54, 1.807) is 22.2 Å². The van der Waals surface area contributed by atoms with E-state index in [1.807, 2.05) is 24.5 Å². The molecule has 0 saturated carbocycles. The molecule has 1 spiro atoms. The van der Waals surface area contributed by atoms with E-state index >= 15 is 0 Å². The molecular weight excluding hydrogens is 516 g/mol. The number of hydrogen-bond acceptors (Lipinski definition) is 10. The Bertz CT molecular complexity index is 1400. The molecule has 2 atom stereocenters. The summed E-state index contributed by atoms with van der Waals surface area (Å²) in [6, 6.07) is 5.73. The molecule has 2 fully saturated rings. The number of aromatic nitrogens is 4. The Labute approximate surface area is 230 Å². The average Bonchev–Trinajstić information content (AvgIpc) is 3.43. The molecule has 3 aromatic rings. The Morgan fingerprint density at radius 1 is 1.13 bits per heavy atom. The van der Waals surface area contributed by atoms with Crippen LogP contribution >= 0.6 is 11.8 Å². The lowest BCUT2D eigenvalue weighted by molar-refractivity contribution is 0.186. The number of amides is 2. The molecule has 1 unspecified atom stereocenters. The number of aliphatic hydroxyl groups excluding tert-OH is 1. The van der Waals surface area contributed by atoms with Crippen LogP contribution in [0, 0.1) is 5.41 Å². The topological polar surface area (TPSA) is 134 Å². The number of carbonyl (C=O) groups excluding carboxylic acids is 1. The Kier molecular flexibility index (Phi) is 6.05. The second-order valence-electron chi connectivity index (χ2n) is 10.6. The van der Waals surface area contributed by atoms with Crippen molar-refractivity contribution in [1.29, 1.82) is 0 Å². The van der Waals surface area contributed by atoms with Gasteiger partial charge in [0.05, 0.1) is 29.9 Å². The predicted molar refractivity (Wildman–Crippen MR) is 145 cm³/mol. The Morgan fingerprint density at radius 2 is 2.00 bits per heavy atom. The fourth-order valence-corrected chi connectivity index (χ4v) is 7.18. The summed E-state index contributed by atoms with van der Waals surface area (Å²) in [6.07, 6.45) is 10.1. The van der Waals surface area contributed by atoms with Gasteiger partial charge in [-0.3, -0.25) is 9.88 Å². The van der Waals surface area contributed by atoms with Crippen LogP contribution in [0.15, 0.2) is 52.9 Å². The molecule has 4 aliphatic rings. The lowest BCUT2D eigenvalue weighted by Crippen LogP contribution is -2.44. The van der Waals surface area contributed by atoms with Crippen molar-refractivity contribution in [3.63, 3.8) is 0 Å². The molecule has 202 valence electrons. The van der Waals surface area contributed by atoms with Gasteiger partial charge in [-0.05, 0) is 42.4 Å². The first-order valence-corrected chi connectivity index (χ1v) is 14.1. The molecule has 3 N–H and O–H groups in total. The van der Waals surface area contributed by atoms with Crippen LogP contribution < -0.4 is 20.3 Å². The molecule has 39 heavy (non-hydrogen) atoms. The van der Waals surface area contributed by atoms with Gasteiger partial charge in [0, 0.05) is 50.3 Å². The molecule has 3 aliphatic heterocycles. The van der Waals surface area contributed by atoms with Crippen LogP contribution in [0.2, 0.25) is 0 Å². The number of fused-ring (bicyclic) bond motifs is 4. The van der Waals surface area contributed by atoms with Crippen molar-refractivity contribution in [1.82, 2.24) is 24.8 Å². The molecule has 0 radical (unpaired) electrons. The highest BCUT2D eigenvalue weighted by molar-refractivity contribution is 7.99. The van der Waals surface area contributed by atoms with E-state index in [0.717, 1.165) is 53.8 Å². The summed E-state index contributed by atoms with van der Waals surface area (Å²) in [6.45, 7) is 2.88. The molecule has 12 heteroatoms. The molecule has 7 rings (SSSR count). The van der Waals surface area contributed by atoms with Gasteiger partial charge in [0.15, 0.2) is 11.6 Å². The number of carbonyl (C=O) groups is 1. The van der Waals surface area contributed by atoms with Gasteiger partial charge in [-0.15, -0.1) is 0 Å². The van der Waals surface area contributed by atoms with E-state index in [4.69, 9.17) is 15.5 Å². The number of piperidine rings is 1. The third kappa shape index (κ3) is 4.09. The molecule has 0 bridgehead atoms. The van der Waals surface area contributed by atoms with Crippen molar-refractivity contribution in [3.05, 3.63) is 54.2 Å². The monoisotopic (exact) mass is 546 g/mol. The molecular formula is C27H30N8O3S. The lowest BCUT2D eigenvalue weighted by Gasteiger charge is -2.42. The van der Waals surface area contributed by atoms with Crippen molar-refractivity contribution in [2.24, 2.45) is 11.1 Å². The van der Waals surface area contributed by atoms with Crippen LogP contribution in [0.25, 0.3) is 0 Å².